The summed E-state index contributed by atoms with van der Waals surface area (Å²) in [5.74, 6) is 0.835. The van der Waals surface area contributed by atoms with E-state index < -0.39 is 0 Å². The van der Waals surface area contributed by atoms with Crippen LogP contribution in [0.4, 0.5) is 0 Å². The summed E-state index contributed by atoms with van der Waals surface area (Å²) >= 11 is 0. The molecule has 0 radical (unpaired) electrons. The molecule has 4 heteroatoms. The Balaban J connectivity index is 1.69. The molecule has 0 fully saturated rings. The minimum absolute atomic E-state index is 0.278. The fraction of sp³-hybridized carbons (Fsp3) is 0.318. The molecule has 26 heavy (non-hydrogen) atoms. The maximum absolute atomic E-state index is 12.1. The predicted molar refractivity (Wildman–Crippen MR) is 102 cm³/mol. The standard InChI is InChI=1S/C22H23NO3/c1-3-4-17-11-21(24)26-22-18(17)9-10-20-19(22)13-23(14-25-20)12-16-7-5-15(2)6-8-16/h5-11H,3-4,12-14H2,1-2H3/p+1. The SMILES string of the molecule is CCCc1cc(=O)oc2c3c(ccc12)OC[NH+](Cc1ccc(C)cc1)C3. The van der Waals surface area contributed by atoms with Crippen LogP contribution in [0.2, 0.25) is 0 Å². The molecule has 0 aliphatic carbocycles. The number of rotatable bonds is 4. The molecular weight excluding hydrogens is 326 g/mol. The van der Waals surface area contributed by atoms with E-state index in [9.17, 15) is 4.79 Å². The summed E-state index contributed by atoms with van der Waals surface area (Å²) in [7, 11) is 0. The second kappa shape index (κ2) is 6.96. The molecule has 2 aromatic carbocycles. The smallest absolute Gasteiger partial charge is 0.336 e. The van der Waals surface area contributed by atoms with Crippen molar-refractivity contribution in [3.05, 3.63) is 75.1 Å². The van der Waals surface area contributed by atoms with Gasteiger partial charge in [-0.2, -0.15) is 0 Å². The van der Waals surface area contributed by atoms with Gasteiger partial charge in [-0.05, 0) is 31.0 Å². The van der Waals surface area contributed by atoms with E-state index in [1.165, 1.54) is 16.0 Å². The molecule has 2 heterocycles. The van der Waals surface area contributed by atoms with Crippen molar-refractivity contribution in [3.63, 3.8) is 0 Å². The topological polar surface area (TPSA) is 43.9 Å². The Morgan fingerprint density at radius 3 is 2.69 bits per heavy atom. The Hall–Kier alpha value is -2.59. The summed E-state index contributed by atoms with van der Waals surface area (Å²) in [5, 5.41) is 1.03. The molecule has 1 N–H and O–H groups in total. The van der Waals surface area contributed by atoms with E-state index in [1.54, 1.807) is 6.07 Å². The highest BCUT2D eigenvalue weighted by Crippen LogP contribution is 2.30. The van der Waals surface area contributed by atoms with Gasteiger partial charge in [0, 0.05) is 17.0 Å². The van der Waals surface area contributed by atoms with Crippen molar-refractivity contribution >= 4 is 11.0 Å². The van der Waals surface area contributed by atoms with Crippen LogP contribution in [0.1, 0.15) is 35.6 Å². The van der Waals surface area contributed by atoms with Crippen LogP contribution in [0, 0.1) is 6.92 Å². The monoisotopic (exact) mass is 350 g/mol. The first-order valence-corrected chi connectivity index (χ1v) is 9.24. The molecule has 4 nitrogen and oxygen atoms in total. The number of benzene rings is 2. The maximum Gasteiger partial charge on any atom is 0.336 e. The first-order chi connectivity index (χ1) is 12.6. The number of ether oxygens (including phenoxy) is 1. The Kier molecular flexibility index (Phi) is 4.51. The lowest BCUT2D eigenvalue weighted by Crippen LogP contribution is -3.10. The van der Waals surface area contributed by atoms with Crippen molar-refractivity contribution in [1.29, 1.82) is 0 Å². The van der Waals surface area contributed by atoms with Gasteiger partial charge in [-0.15, -0.1) is 0 Å². The van der Waals surface area contributed by atoms with E-state index in [0.717, 1.165) is 48.2 Å². The van der Waals surface area contributed by atoms with E-state index in [-0.39, 0.29) is 5.63 Å². The Morgan fingerprint density at radius 2 is 1.92 bits per heavy atom. The largest absolute Gasteiger partial charge is 0.445 e. The molecule has 0 spiro atoms. The normalized spacial score (nSPS) is 16.3. The third kappa shape index (κ3) is 3.25. The van der Waals surface area contributed by atoms with Crippen molar-refractivity contribution in [3.8, 4) is 5.75 Å². The average Bonchev–Trinajstić information content (AvgIpc) is 2.64. The highest BCUT2D eigenvalue weighted by atomic mass is 16.5. The molecule has 134 valence electrons. The summed E-state index contributed by atoms with van der Waals surface area (Å²) in [4.78, 5) is 13.4. The van der Waals surface area contributed by atoms with E-state index in [1.807, 2.05) is 12.1 Å². The van der Waals surface area contributed by atoms with Gasteiger partial charge in [-0.1, -0.05) is 43.2 Å². The second-order valence-electron chi connectivity index (χ2n) is 7.14. The highest BCUT2D eigenvalue weighted by molar-refractivity contribution is 5.85. The summed E-state index contributed by atoms with van der Waals surface area (Å²) in [6.07, 6.45) is 1.87. The molecule has 0 saturated carbocycles. The van der Waals surface area contributed by atoms with Crippen LogP contribution in [0.3, 0.4) is 0 Å². The Morgan fingerprint density at radius 1 is 1.12 bits per heavy atom. The van der Waals surface area contributed by atoms with Gasteiger partial charge in [0.15, 0.2) is 5.58 Å². The summed E-state index contributed by atoms with van der Waals surface area (Å²) in [6.45, 7) is 6.51. The number of aryl methyl sites for hydroxylation is 2. The molecule has 1 aliphatic heterocycles. The fourth-order valence-electron chi connectivity index (χ4n) is 3.70. The first-order valence-electron chi connectivity index (χ1n) is 9.24. The van der Waals surface area contributed by atoms with E-state index in [4.69, 9.17) is 9.15 Å². The lowest BCUT2D eigenvalue weighted by atomic mass is 10.0. The zero-order valence-corrected chi connectivity index (χ0v) is 15.3. The second-order valence-corrected chi connectivity index (χ2v) is 7.14. The average molecular weight is 350 g/mol. The number of quaternary nitrogens is 1. The molecule has 1 atom stereocenters. The summed E-state index contributed by atoms with van der Waals surface area (Å²) in [6, 6.07) is 14.3. The molecular formula is C22H24NO3+. The molecule has 3 aromatic rings. The van der Waals surface area contributed by atoms with Crippen LogP contribution in [-0.4, -0.2) is 6.73 Å². The van der Waals surface area contributed by atoms with Gasteiger partial charge < -0.3 is 9.15 Å². The summed E-state index contributed by atoms with van der Waals surface area (Å²) < 4.78 is 11.6. The Labute approximate surface area is 153 Å². The van der Waals surface area contributed by atoms with Crippen LogP contribution in [0.25, 0.3) is 11.0 Å². The van der Waals surface area contributed by atoms with E-state index in [0.29, 0.717) is 12.3 Å². The fourth-order valence-corrected chi connectivity index (χ4v) is 3.70. The van der Waals surface area contributed by atoms with Crippen molar-refractivity contribution < 1.29 is 14.1 Å². The number of fused-ring (bicyclic) bond motifs is 3. The van der Waals surface area contributed by atoms with Gasteiger partial charge in [0.1, 0.15) is 18.8 Å². The van der Waals surface area contributed by atoms with Gasteiger partial charge in [0.05, 0.1) is 5.56 Å². The maximum atomic E-state index is 12.1. The highest BCUT2D eigenvalue weighted by Gasteiger charge is 2.25. The molecule has 0 amide bonds. The van der Waals surface area contributed by atoms with Crippen LogP contribution >= 0.6 is 0 Å². The lowest BCUT2D eigenvalue weighted by molar-refractivity contribution is -0.945. The van der Waals surface area contributed by atoms with Crippen LogP contribution < -0.4 is 15.3 Å². The zero-order valence-electron chi connectivity index (χ0n) is 15.3. The van der Waals surface area contributed by atoms with Crippen molar-refractivity contribution in [2.75, 3.05) is 6.73 Å². The van der Waals surface area contributed by atoms with Crippen LogP contribution in [0.15, 0.2) is 51.7 Å². The van der Waals surface area contributed by atoms with Crippen LogP contribution in [0.5, 0.6) is 5.75 Å². The summed E-state index contributed by atoms with van der Waals surface area (Å²) in [5.41, 5.74) is 5.03. The van der Waals surface area contributed by atoms with Gasteiger partial charge in [-0.25, -0.2) is 4.79 Å². The van der Waals surface area contributed by atoms with Crippen molar-refractivity contribution in [2.24, 2.45) is 0 Å². The van der Waals surface area contributed by atoms with Gasteiger partial charge >= 0.3 is 5.63 Å². The minimum atomic E-state index is -0.278. The number of nitrogens with one attached hydrogen (secondary N) is 1. The molecule has 1 aliphatic rings. The quantitative estimate of drug-likeness (QED) is 0.736. The number of hydrogen-bond acceptors (Lipinski definition) is 3. The van der Waals surface area contributed by atoms with Crippen LogP contribution in [-0.2, 0) is 19.5 Å². The number of hydrogen-bond donors (Lipinski definition) is 1. The van der Waals surface area contributed by atoms with E-state index in [2.05, 4.69) is 38.1 Å². The van der Waals surface area contributed by atoms with Gasteiger partial charge in [-0.3, -0.25) is 4.90 Å². The van der Waals surface area contributed by atoms with Crippen molar-refractivity contribution in [2.45, 2.75) is 39.8 Å². The van der Waals surface area contributed by atoms with E-state index >= 15 is 0 Å². The molecule has 4 rings (SSSR count). The first kappa shape index (κ1) is 16.9. The van der Waals surface area contributed by atoms with Crippen molar-refractivity contribution in [1.82, 2.24) is 0 Å². The predicted octanol–water partition coefficient (Wildman–Crippen LogP) is 2.99. The third-order valence-corrected chi connectivity index (χ3v) is 5.01. The minimum Gasteiger partial charge on any atom is -0.445 e. The lowest BCUT2D eigenvalue weighted by Gasteiger charge is -2.26. The van der Waals surface area contributed by atoms with Gasteiger partial charge in [0.25, 0.3) is 0 Å². The third-order valence-electron chi connectivity index (χ3n) is 5.01. The Bertz CT molecular complexity index is 989. The molecule has 1 unspecified atom stereocenters. The molecule has 0 saturated heterocycles. The van der Waals surface area contributed by atoms with Gasteiger partial charge in [0.2, 0.25) is 6.73 Å². The molecule has 1 aromatic heterocycles. The molecule has 0 bridgehead atoms. The zero-order chi connectivity index (χ0) is 18.1.